The van der Waals surface area contributed by atoms with E-state index in [4.69, 9.17) is 9.47 Å². The summed E-state index contributed by atoms with van der Waals surface area (Å²) in [6, 6.07) is 15.9. The van der Waals surface area contributed by atoms with E-state index in [0.717, 1.165) is 22.6 Å². The van der Waals surface area contributed by atoms with E-state index in [1.165, 1.54) is 0 Å². The molecule has 0 aromatic heterocycles. The molecule has 146 valence electrons. The Hall–Kier alpha value is -2.53. The van der Waals surface area contributed by atoms with Crippen LogP contribution in [0.1, 0.15) is 36.4 Å². The Morgan fingerprint density at radius 1 is 0.926 bits per heavy atom. The van der Waals surface area contributed by atoms with Gasteiger partial charge in [-0.05, 0) is 55.4 Å². The van der Waals surface area contributed by atoms with Crippen molar-refractivity contribution in [3.63, 3.8) is 0 Å². The van der Waals surface area contributed by atoms with Gasteiger partial charge in [-0.15, -0.1) is 0 Å². The van der Waals surface area contributed by atoms with Gasteiger partial charge in [0.05, 0.1) is 20.3 Å². The fourth-order valence-corrected chi connectivity index (χ4v) is 3.04. The Balaban J connectivity index is 1.92. The molecule has 0 heterocycles. The van der Waals surface area contributed by atoms with E-state index < -0.39 is 0 Å². The Bertz CT molecular complexity index is 711. The number of hydrogen-bond donors (Lipinski definition) is 1. The number of methoxy groups -OCH3 is 2. The van der Waals surface area contributed by atoms with Crippen molar-refractivity contribution in [2.45, 2.75) is 25.3 Å². The summed E-state index contributed by atoms with van der Waals surface area (Å²) in [7, 11) is 7.33. The highest BCUT2D eigenvalue weighted by Crippen LogP contribution is 2.23. The van der Waals surface area contributed by atoms with Gasteiger partial charge in [0.25, 0.3) is 0 Å². The van der Waals surface area contributed by atoms with Crippen LogP contribution < -0.4 is 14.8 Å². The lowest BCUT2D eigenvalue weighted by Gasteiger charge is -2.25. The molecule has 1 N–H and O–H groups in total. The first-order valence-electron chi connectivity index (χ1n) is 9.15. The molecule has 0 spiro atoms. The van der Waals surface area contributed by atoms with Gasteiger partial charge in [0.15, 0.2) is 0 Å². The van der Waals surface area contributed by atoms with Crippen molar-refractivity contribution in [1.29, 1.82) is 0 Å². The van der Waals surface area contributed by atoms with E-state index in [0.29, 0.717) is 13.0 Å². The molecule has 0 saturated carbocycles. The van der Waals surface area contributed by atoms with Crippen molar-refractivity contribution < 1.29 is 14.3 Å². The number of nitrogens with zero attached hydrogens (tertiary/aromatic N) is 1. The lowest BCUT2D eigenvalue weighted by molar-refractivity contribution is -0.121. The molecule has 0 radical (unpaired) electrons. The normalized spacial score (nSPS) is 13.1. The monoisotopic (exact) mass is 370 g/mol. The van der Waals surface area contributed by atoms with E-state index in [1.807, 2.05) is 62.6 Å². The van der Waals surface area contributed by atoms with Gasteiger partial charge in [0.1, 0.15) is 11.5 Å². The summed E-state index contributed by atoms with van der Waals surface area (Å²) in [4.78, 5) is 14.5. The van der Waals surface area contributed by atoms with Crippen LogP contribution in [0.3, 0.4) is 0 Å². The van der Waals surface area contributed by atoms with Crippen LogP contribution in [0.25, 0.3) is 0 Å². The van der Waals surface area contributed by atoms with E-state index >= 15 is 0 Å². The maximum absolute atomic E-state index is 12.4. The SMILES string of the molecule is COc1ccc(C(C)CC(=O)NCC(c2ccc(OC)cc2)N(C)C)cc1. The Morgan fingerprint density at radius 3 is 1.85 bits per heavy atom. The quantitative estimate of drug-likeness (QED) is 0.732. The standard InChI is InChI=1S/C22H30N2O3/c1-16(17-6-10-19(26-4)11-7-17)14-22(25)23-15-21(24(2)3)18-8-12-20(27-5)13-9-18/h6-13,16,21H,14-15H2,1-5H3,(H,23,25). The number of carbonyl (C=O) groups is 1. The summed E-state index contributed by atoms with van der Waals surface area (Å²) in [5.74, 6) is 1.85. The fourth-order valence-electron chi connectivity index (χ4n) is 3.04. The number of benzene rings is 2. The van der Waals surface area contributed by atoms with Crippen molar-refractivity contribution in [1.82, 2.24) is 10.2 Å². The van der Waals surface area contributed by atoms with Crippen LogP contribution in [0.5, 0.6) is 11.5 Å². The predicted molar refractivity (Wildman–Crippen MR) is 108 cm³/mol. The first-order chi connectivity index (χ1) is 12.9. The van der Waals surface area contributed by atoms with Crippen LogP contribution >= 0.6 is 0 Å². The predicted octanol–water partition coefficient (Wildman–Crippen LogP) is 3.62. The van der Waals surface area contributed by atoms with Crippen LogP contribution in [0.15, 0.2) is 48.5 Å². The summed E-state index contributed by atoms with van der Waals surface area (Å²) in [6.45, 7) is 2.63. The third-order valence-electron chi connectivity index (χ3n) is 4.79. The van der Waals surface area contributed by atoms with Gasteiger partial charge in [-0.25, -0.2) is 0 Å². The highest BCUT2D eigenvalue weighted by atomic mass is 16.5. The molecule has 0 aliphatic rings. The summed E-state index contributed by atoms with van der Waals surface area (Å²) in [5.41, 5.74) is 2.27. The maximum atomic E-state index is 12.4. The zero-order valence-corrected chi connectivity index (χ0v) is 16.9. The first-order valence-corrected chi connectivity index (χ1v) is 9.15. The van der Waals surface area contributed by atoms with Crippen molar-refractivity contribution in [3.8, 4) is 11.5 Å². The molecular weight excluding hydrogens is 340 g/mol. The molecule has 2 aromatic carbocycles. The molecule has 5 heteroatoms. The third-order valence-corrected chi connectivity index (χ3v) is 4.79. The van der Waals surface area contributed by atoms with Crippen molar-refractivity contribution in [2.24, 2.45) is 0 Å². The number of nitrogens with one attached hydrogen (secondary N) is 1. The molecule has 2 unspecified atom stereocenters. The number of amides is 1. The molecule has 5 nitrogen and oxygen atoms in total. The lowest BCUT2D eigenvalue weighted by atomic mass is 9.97. The molecule has 27 heavy (non-hydrogen) atoms. The van der Waals surface area contributed by atoms with Gasteiger partial charge in [-0.2, -0.15) is 0 Å². The molecule has 0 aliphatic heterocycles. The Labute approximate surface area is 162 Å². The van der Waals surface area contributed by atoms with Gasteiger partial charge >= 0.3 is 0 Å². The van der Waals surface area contributed by atoms with E-state index in [9.17, 15) is 4.79 Å². The lowest BCUT2D eigenvalue weighted by Crippen LogP contribution is -2.34. The average Bonchev–Trinajstić information content (AvgIpc) is 2.68. The van der Waals surface area contributed by atoms with Crippen LogP contribution in [-0.2, 0) is 4.79 Å². The fraction of sp³-hybridized carbons (Fsp3) is 0.409. The molecule has 2 atom stereocenters. The summed E-state index contributed by atoms with van der Waals surface area (Å²) >= 11 is 0. The summed E-state index contributed by atoms with van der Waals surface area (Å²) in [6.07, 6.45) is 0.453. The van der Waals surface area contributed by atoms with Gasteiger partial charge in [-0.3, -0.25) is 4.79 Å². The number of rotatable bonds is 9. The zero-order valence-electron chi connectivity index (χ0n) is 16.9. The van der Waals surface area contributed by atoms with E-state index in [2.05, 4.69) is 17.1 Å². The smallest absolute Gasteiger partial charge is 0.220 e. The first kappa shape index (κ1) is 20.8. The number of likely N-dealkylation sites (N-methyl/N-ethyl adjacent to an activating group) is 1. The molecule has 0 aliphatic carbocycles. The Morgan fingerprint density at radius 2 is 1.41 bits per heavy atom. The molecule has 2 rings (SSSR count). The second-order valence-corrected chi connectivity index (χ2v) is 6.93. The van der Waals surface area contributed by atoms with Crippen molar-refractivity contribution >= 4 is 5.91 Å². The number of ether oxygens (including phenoxy) is 2. The molecular formula is C22H30N2O3. The van der Waals surface area contributed by atoms with E-state index in [1.54, 1.807) is 14.2 Å². The Kier molecular flexibility index (Phi) is 7.67. The minimum Gasteiger partial charge on any atom is -0.497 e. The second kappa shape index (κ2) is 9.97. The van der Waals surface area contributed by atoms with Gasteiger partial charge in [0, 0.05) is 13.0 Å². The third kappa shape index (κ3) is 6.00. The molecule has 0 bridgehead atoms. The second-order valence-electron chi connectivity index (χ2n) is 6.93. The molecule has 1 amide bonds. The number of hydrogen-bond acceptors (Lipinski definition) is 4. The summed E-state index contributed by atoms with van der Waals surface area (Å²) in [5, 5.41) is 3.08. The molecule has 2 aromatic rings. The molecule has 0 saturated heterocycles. The van der Waals surface area contributed by atoms with Crippen LogP contribution in [-0.4, -0.2) is 45.7 Å². The highest BCUT2D eigenvalue weighted by Gasteiger charge is 2.17. The van der Waals surface area contributed by atoms with Crippen LogP contribution in [0, 0.1) is 0 Å². The van der Waals surface area contributed by atoms with Crippen molar-refractivity contribution in [3.05, 3.63) is 59.7 Å². The van der Waals surface area contributed by atoms with Crippen LogP contribution in [0.2, 0.25) is 0 Å². The van der Waals surface area contributed by atoms with Gasteiger partial charge < -0.3 is 19.7 Å². The van der Waals surface area contributed by atoms with Gasteiger partial charge in [0.2, 0.25) is 5.91 Å². The average molecular weight is 370 g/mol. The maximum Gasteiger partial charge on any atom is 0.220 e. The largest absolute Gasteiger partial charge is 0.497 e. The summed E-state index contributed by atoms with van der Waals surface area (Å²) < 4.78 is 10.4. The molecule has 0 fully saturated rings. The highest BCUT2D eigenvalue weighted by molar-refractivity contribution is 5.76. The van der Waals surface area contributed by atoms with Gasteiger partial charge in [-0.1, -0.05) is 31.2 Å². The van der Waals surface area contributed by atoms with Crippen molar-refractivity contribution in [2.75, 3.05) is 34.9 Å². The zero-order chi connectivity index (χ0) is 19.8. The minimum atomic E-state index is 0.0543. The number of carbonyl (C=O) groups excluding carboxylic acids is 1. The minimum absolute atomic E-state index is 0.0543. The van der Waals surface area contributed by atoms with Crippen LogP contribution in [0.4, 0.5) is 0 Å². The topological polar surface area (TPSA) is 50.8 Å². The van der Waals surface area contributed by atoms with E-state index in [-0.39, 0.29) is 17.9 Å².